The molecule has 0 bridgehead atoms. The molecule has 0 radical (unpaired) electrons. The van der Waals surface area contributed by atoms with Crippen molar-refractivity contribution in [3.63, 3.8) is 0 Å². The first-order valence-electron chi connectivity index (χ1n) is 5.07. The minimum absolute atomic E-state index is 0.235. The summed E-state index contributed by atoms with van der Waals surface area (Å²) in [6.45, 7) is 6.82. The second-order valence-corrected chi connectivity index (χ2v) is 4.20. The maximum absolute atomic E-state index is 11.8. The molecule has 3 nitrogen and oxygen atoms in total. The molecule has 14 heavy (non-hydrogen) atoms. The highest BCUT2D eigenvalue weighted by atomic mass is 16.7. The Labute approximate surface area is 84.1 Å². The van der Waals surface area contributed by atoms with Crippen LogP contribution in [0.3, 0.4) is 0 Å². The van der Waals surface area contributed by atoms with Crippen LogP contribution >= 0.6 is 0 Å². The summed E-state index contributed by atoms with van der Waals surface area (Å²) in [5.41, 5.74) is -0.523. The third-order valence-corrected chi connectivity index (χ3v) is 3.44. The number of carbonyl (C=O) groups excluding carboxylic acids is 1. The minimum atomic E-state index is -0.654. The molecule has 2 aliphatic rings. The van der Waals surface area contributed by atoms with Gasteiger partial charge in [0.2, 0.25) is 0 Å². The van der Waals surface area contributed by atoms with E-state index in [0.29, 0.717) is 32.5 Å². The van der Waals surface area contributed by atoms with Crippen molar-refractivity contribution in [1.82, 2.24) is 0 Å². The van der Waals surface area contributed by atoms with Crippen LogP contribution in [0.4, 0.5) is 0 Å². The molecule has 0 N–H and O–H groups in total. The maximum atomic E-state index is 11.8. The standard InChI is InChI=1S/C11H16O3/c1-3-5-10(2)9(12)4-6-11(10)13-7-8-14-11/h3H,1,4-8H2,2H3. The summed E-state index contributed by atoms with van der Waals surface area (Å²) in [6.07, 6.45) is 3.66. The molecule has 0 amide bonds. The van der Waals surface area contributed by atoms with E-state index >= 15 is 0 Å². The molecular formula is C11H16O3. The van der Waals surface area contributed by atoms with Gasteiger partial charge in [0.25, 0.3) is 0 Å². The number of hydrogen-bond acceptors (Lipinski definition) is 3. The average Bonchev–Trinajstić information content (AvgIpc) is 2.71. The van der Waals surface area contributed by atoms with Crippen molar-refractivity contribution in [3.8, 4) is 0 Å². The summed E-state index contributed by atoms with van der Waals surface area (Å²) in [7, 11) is 0. The molecule has 1 aliphatic heterocycles. The molecule has 1 saturated heterocycles. The number of allylic oxidation sites excluding steroid dienone is 1. The van der Waals surface area contributed by atoms with Gasteiger partial charge in [0.05, 0.1) is 18.6 Å². The van der Waals surface area contributed by atoms with Crippen LogP contribution in [0.15, 0.2) is 12.7 Å². The van der Waals surface area contributed by atoms with Crippen molar-refractivity contribution in [2.24, 2.45) is 5.41 Å². The van der Waals surface area contributed by atoms with Crippen LogP contribution in [0.1, 0.15) is 26.2 Å². The minimum Gasteiger partial charge on any atom is -0.346 e. The molecule has 1 saturated carbocycles. The highest BCUT2D eigenvalue weighted by molar-refractivity contribution is 5.88. The lowest BCUT2D eigenvalue weighted by atomic mass is 9.79. The first kappa shape index (κ1) is 9.87. The monoisotopic (exact) mass is 196 g/mol. The van der Waals surface area contributed by atoms with E-state index in [1.165, 1.54) is 0 Å². The van der Waals surface area contributed by atoms with Crippen LogP contribution in [0.25, 0.3) is 0 Å². The summed E-state index contributed by atoms with van der Waals surface area (Å²) < 4.78 is 11.3. The fourth-order valence-electron chi connectivity index (χ4n) is 2.52. The van der Waals surface area contributed by atoms with E-state index in [0.717, 1.165) is 0 Å². The van der Waals surface area contributed by atoms with Crippen molar-refractivity contribution in [2.45, 2.75) is 32.0 Å². The number of carbonyl (C=O) groups is 1. The Balaban J connectivity index is 2.32. The van der Waals surface area contributed by atoms with Crippen LogP contribution in [-0.4, -0.2) is 24.8 Å². The lowest BCUT2D eigenvalue weighted by Gasteiger charge is -2.36. The first-order valence-corrected chi connectivity index (χ1v) is 5.07. The van der Waals surface area contributed by atoms with Crippen LogP contribution < -0.4 is 0 Å². The Kier molecular flexibility index (Phi) is 2.24. The SMILES string of the molecule is C=CCC1(C)C(=O)CCC12OCCO2. The molecule has 0 aromatic carbocycles. The Morgan fingerprint density at radius 3 is 2.71 bits per heavy atom. The molecule has 1 aliphatic carbocycles. The predicted molar refractivity (Wildman–Crippen MR) is 51.8 cm³/mol. The van der Waals surface area contributed by atoms with Gasteiger partial charge in [0, 0.05) is 12.8 Å². The van der Waals surface area contributed by atoms with Crippen LogP contribution in [-0.2, 0) is 14.3 Å². The summed E-state index contributed by atoms with van der Waals surface area (Å²) in [6, 6.07) is 0. The molecule has 1 heterocycles. The molecule has 2 fully saturated rings. The third kappa shape index (κ3) is 1.09. The smallest absolute Gasteiger partial charge is 0.181 e. The molecule has 0 aromatic heterocycles. The van der Waals surface area contributed by atoms with Crippen molar-refractivity contribution in [3.05, 3.63) is 12.7 Å². The van der Waals surface area contributed by atoms with E-state index in [9.17, 15) is 4.79 Å². The van der Waals surface area contributed by atoms with Gasteiger partial charge < -0.3 is 9.47 Å². The lowest BCUT2D eigenvalue weighted by molar-refractivity contribution is -0.213. The zero-order valence-electron chi connectivity index (χ0n) is 8.54. The molecule has 78 valence electrons. The number of Topliss-reactive ketones (excluding diaryl/α,β-unsaturated/α-hetero) is 1. The fraction of sp³-hybridized carbons (Fsp3) is 0.727. The van der Waals surface area contributed by atoms with Gasteiger partial charge in [-0.15, -0.1) is 6.58 Å². The average molecular weight is 196 g/mol. The zero-order valence-corrected chi connectivity index (χ0v) is 8.54. The molecule has 3 heteroatoms. The number of ketones is 1. The van der Waals surface area contributed by atoms with Gasteiger partial charge in [0.15, 0.2) is 5.79 Å². The van der Waals surface area contributed by atoms with Crippen LogP contribution in [0, 0.1) is 5.41 Å². The molecular weight excluding hydrogens is 180 g/mol. The number of hydrogen-bond donors (Lipinski definition) is 0. The Bertz CT molecular complexity index is 266. The van der Waals surface area contributed by atoms with Crippen molar-refractivity contribution < 1.29 is 14.3 Å². The molecule has 1 atom stereocenters. The quantitative estimate of drug-likeness (QED) is 0.630. The number of ether oxygens (including phenoxy) is 2. The topological polar surface area (TPSA) is 35.5 Å². The van der Waals surface area contributed by atoms with Crippen molar-refractivity contribution in [2.75, 3.05) is 13.2 Å². The lowest BCUT2D eigenvalue weighted by Crippen LogP contribution is -2.46. The Hall–Kier alpha value is -0.670. The first-order chi connectivity index (χ1) is 6.65. The largest absolute Gasteiger partial charge is 0.346 e. The van der Waals surface area contributed by atoms with E-state index in [-0.39, 0.29) is 5.78 Å². The van der Waals surface area contributed by atoms with Gasteiger partial charge >= 0.3 is 0 Å². The van der Waals surface area contributed by atoms with Crippen molar-refractivity contribution in [1.29, 1.82) is 0 Å². The van der Waals surface area contributed by atoms with E-state index in [4.69, 9.17) is 9.47 Å². The normalized spacial score (nSPS) is 35.4. The second-order valence-electron chi connectivity index (χ2n) is 4.20. The van der Waals surface area contributed by atoms with Gasteiger partial charge in [0.1, 0.15) is 5.78 Å². The van der Waals surface area contributed by atoms with Crippen molar-refractivity contribution >= 4 is 5.78 Å². The van der Waals surface area contributed by atoms with E-state index in [1.807, 2.05) is 6.92 Å². The summed E-state index contributed by atoms with van der Waals surface area (Å²) >= 11 is 0. The summed E-state index contributed by atoms with van der Waals surface area (Å²) in [4.78, 5) is 11.8. The molecule has 1 unspecified atom stereocenters. The van der Waals surface area contributed by atoms with Crippen LogP contribution in [0.2, 0.25) is 0 Å². The van der Waals surface area contributed by atoms with E-state index in [2.05, 4.69) is 6.58 Å². The zero-order chi connectivity index (χ0) is 10.2. The summed E-state index contributed by atoms with van der Waals surface area (Å²) in [5, 5.41) is 0. The van der Waals surface area contributed by atoms with Gasteiger partial charge in [-0.25, -0.2) is 0 Å². The maximum Gasteiger partial charge on any atom is 0.181 e. The van der Waals surface area contributed by atoms with E-state index < -0.39 is 11.2 Å². The van der Waals surface area contributed by atoms with Gasteiger partial charge in [-0.1, -0.05) is 6.08 Å². The van der Waals surface area contributed by atoms with Gasteiger partial charge in [-0.3, -0.25) is 4.79 Å². The third-order valence-electron chi connectivity index (χ3n) is 3.44. The molecule has 1 spiro atoms. The Morgan fingerprint density at radius 2 is 2.14 bits per heavy atom. The summed E-state index contributed by atoms with van der Waals surface area (Å²) in [5.74, 6) is -0.419. The molecule has 0 aromatic rings. The van der Waals surface area contributed by atoms with Gasteiger partial charge in [-0.05, 0) is 13.3 Å². The Morgan fingerprint density at radius 1 is 1.50 bits per heavy atom. The highest BCUT2D eigenvalue weighted by Crippen LogP contribution is 2.51. The van der Waals surface area contributed by atoms with Crippen LogP contribution in [0.5, 0.6) is 0 Å². The predicted octanol–water partition coefficient (Wildman–Crippen LogP) is 1.67. The van der Waals surface area contributed by atoms with Gasteiger partial charge in [-0.2, -0.15) is 0 Å². The highest BCUT2D eigenvalue weighted by Gasteiger charge is 2.60. The van der Waals surface area contributed by atoms with E-state index in [1.54, 1.807) is 6.08 Å². The number of rotatable bonds is 2. The molecule has 2 rings (SSSR count). The second kappa shape index (κ2) is 3.17. The fourth-order valence-corrected chi connectivity index (χ4v) is 2.52.